The highest BCUT2D eigenvalue weighted by Gasteiger charge is 2.26. The molecule has 2 aromatic rings. The zero-order valence-electron chi connectivity index (χ0n) is 9.69. The summed E-state index contributed by atoms with van der Waals surface area (Å²) in [6, 6.07) is 6.40. The molecule has 90 valence electrons. The van der Waals surface area contributed by atoms with Crippen LogP contribution in [0.15, 0.2) is 23.0 Å². The lowest BCUT2D eigenvalue weighted by Gasteiger charge is -2.03. The van der Waals surface area contributed by atoms with Crippen molar-refractivity contribution in [3.05, 3.63) is 34.2 Å². The molecule has 5 heteroatoms. The molecule has 5 nitrogen and oxygen atoms in total. The number of benzene rings is 1. The molecule has 1 aliphatic rings. The average molecular weight is 233 g/mol. The van der Waals surface area contributed by atoms with Crippen molar-refractivity contribution in [3.8, 4) is 0 Å². The average Bonchev–Trinajstić information content (AvgIpc) is 3.09. The van der Waals surface area contributed by atoms with E-state index in [-0.39, 0.29) is 5.69 Å². The van der Waals surface area contributed by atoms with Gasteiger partial charge in [-0.25, -0.2) is 4.79 Å². The molecule has 2 N–H and O–H groups in total. The van der Waals surface area contributed by atoms with Crippen molar-refractivity contribution in [2.24, 2.45) is 0 Å². The summed E-state index contributed by atoms with van der Waals surface area (Å²) in [5, 5.41) is 0. The minimum absolute atomic E-state index is 0.000601. The Hall–Kier alpha value is -1.59. The normalized spacial score (nSPS) is 15.6. The van der Waals surface area contributed by atoms with Crippen LogP contribution >= 0.6 is 0 Å². The van der Waals surface area contributed by atoms with E-state index >= 15 is 0 Å². The molecule has 0 radical (unpaired) electrons. The Labute approximate surface area is 98.3 Å². The summed E-state index contributed by atoms with van der Waals surface area (Å²) < 4.78 is 1.86. The van der Waals surface area contributed by atoms with E-state index in [2.05, 4.69) is 10.5 Å². The molecule has 1 fully saturated rings. The van der Waals surface area contributed by atoms with Crippen LogP contribution in [0, 0.1) is 0 Å². The number of nitrogens with zero attached hydrogens (tertiary/aromatic N) is 1. The minimum Gasteiger partial charge on any atom is -0.306 e. The van der Waals surface area contributed by atoms with Crippen LogP contribution in [0.25, 0.3) is 11.0 Å². The number of rotatable bonds is 4. The van der Waals surface area contributed by atoms with Crippen LogP contribution in [-0.4, -0.2) is 16.7 Å². The van der Waals surface area contributed by atoms with Crippen LogP contribution in [0.1, 0.15) is 24.4 Å². The number of aromatic nitrogens is 2. The topological polar surface area (TPSA) is 59.0 Å². The number of H-pyrrole nitrogens is 1. The number of imidazole rings is 1. The third kappa shape index (κ3) is 1.87. The largest absolute Gasteiger partial charge is 0.326 e. The second-order valence-electron chi connectivity index (χ2n) is 4.41. The third-order valence-electron chi connectivity index (χ3n) is 3.11. The number of hydrogen-bond donors (Lipinski definition) is 2. The molecule has 0 amide bonds. The van der Waals surface area contributed by atoms with Crippen molar-refractivity contribution in [1.29, 1.82) is 0 Å². The van der Waals surface area contributed by atoms with Gasteiger partial charge in [0.2, 0.25) is 0 Å². The zero-order chi connectivity index (χ0) is 11.8. The van der Waals surface area contributed by atoms with E-state index in [1.165, 1.54) is 0 Å². The Balaban J connectivity index is 2.03. The van der Waals surface area contributed by atoms with Gasteiger partial charge in [-0.1, -0.05) is 6.07 Å². The van der Waals surface area contributed by atoms with Crippen LogP contribution in [0.2, 0.25) is 0 Å². The summed E-state index contributed by atoms with van der Waals surface area (Å²) >= 11 is 0. The summed E-state index contributed by atoms with van der Waals surface area (Å²) in [5.74, 6) is 0. The SMILES string of the molecule is CONCc1ccc2c(c1)[nH]c(=O)n2C1CC1. The molecular formula is C12H15N3O2. The predicted octanol–water partition coefficient (Wildman–Crippen LogP) is 1.32. The van der Waals surface area contributed by atoms with Crippen LogP contribution in [0.3, 0.4) is 0 Å². The molecule has 17 heavy (non-hydrogen) atoms. The van der Waals surface area contributed by atoms with Crippen molar-refractivity contribution in [3.63, 3.8) is 0 Å². The fourth-order valence-electron chi connectivity index (χ4n) is 2.14. The highest BCUT2D eigenvalue weighted by atomic mass is 16.6. The summed E-state index contributed by atoms with van der Waals surface area (Å²) in [5.41, 5.74) is 5.77. The quantitative estimate of drug-likeness (QED) is 0.783. The number of aromatic amines is 1. The highest BCUT2D eigenvalue weighted by molar-refractivity contribution is 5.76. The van der Waals surface area contributed by atoms with Crippen molar-refractivity contribution in [2.75, 3.05) is 7.11 Å². The van der Waals surface area contributed by atoms with Gasteiger partial charge in [0, 0.05) is 12.6 Å². The first-order valence-electron chi connectivity index (χ1n) is 5.78. The lowest BCUT2D eigenvalue weighted by Crippen LogP contribution is -2.14. The van der Waals surface area contributed by atoms with E-state index in [1.807, 2.05) is 22.8 Å². The number of fused-ring (bicyclic) bond motifs is 1. The van der Waals surface area contributed by atoms with Gasteiger partial charge in [0.1, 0.15) is 0 Å². The van der Waals surface area contributed by atoms with E-state index < -0.39 is 0 Å². The van der Waals surface area contributed by atoms with Gasteiger partial charge in [-0.3, -0.25) is 4.57 Å². The monoisotopic (exact) mass is 233 g/mol. The third-order valence-corrected chi connectivity index (χ3v) is 3.11. The van der Waals surface area contributed by atoms with Gasteiger partial charge in [-0.15, -0.1) is 0 Å². The van der Waals surface area contributed by atoms with E-state index in [0.717, 1.165) is 29.4 Å². The van der Waals surface area contributed by atoms with Gasteiger partial charge >= 0.3 is 5.69 Å². The molecular weight excluding hydrogens is 218 g/mol. The fraction of sp³-hybridized carbons (Fsp3) is 0.417. The van der Waals surface area contributed by atoms with Gasteiger partial charge in [0.25, 0.3) is 0 Å². The Morgan fingerprint density at radius 3 is 3.06 bits per heavy atom. The molecule has 0 spiro atoms. The molecule has 0 unspecified atom stereocenters. The standard InChI is InChI=1S/C12H15N3O2/c1-17-13-7-8-2-5-11-10(6-8)14-12(16)15(11)9-3-4-9/h2,5-6,9,13H,3-4,7H2,1H3,(H,14,16). The molecule has 1 aliphatic carbocycles. The molecule has 1 heterocycles. The molecule has 0 atom stereocenters. The van der Waals surface area contributed by atoms with Gasteiger partial charge in [-0.2, -0.15) is 5.48 Å². The van der Waals surface area contributed by atoms with Crippen molar-refractivity contribution >= 4 is 11.0 Å². The Bertz CT molecular complexity index is 595. The zero-order valence-corrected chi connectivity index (χ0v) is 9.69. The molecule has 1 saturated carbocycles. The fourth-order valence-corrected chi connectivity index (χ4v) is 2.14. The van der Waals surface area contributed by atoms with E-state index in [1.54, 1.807) is 7.11 Å². The van der Waals surface area contributed by atoms with Gasteiger partial charge < -0.3 is 9.82 Å². The highest BCUT2D eigenvalue weighted by Crippen LogP contribution is 2.35. The van der Waals surface area contributed by atoms with Gasteiger partial charge in [0.05, 0.1) is 18.1 Å². The lowest BCUT2D eigenvalue weighted by molar-refractivity contribution is 0.0867. The van der Waals surface area contributed by atoms with Crippen LogP contribution < -0.4 is 11.2 Å². The first kappa shape index (κ1) is 10.6. The van der Waals surface area contributed by atoms with Crippen LogP contribution in [-0.2, 0) is 11.4 Å². The Morgan fingerprint density at radius 1 is 1.53 bits per heavy atom. The van der Waals surface area contributed by atoms with Gasteiger partial charge in [0.15, 0.2) is 0 Å². The van der Waals surface area contributed by atoms with E-state index in [0.29, 0.717) is 12.6 Å². The molecule has 0 bridgehead atoms. The van der Waals surface area contributed by atoms with E-state index in [9.17, 15) is 4.79 Å². The van der Waals surface area contributed by atoms with Crippen molar-refractivity contribution in [1.82, 2.24) is 15.0 Å². The smallest absolute Gasteiger partial charge is 0.306 e. The Morgan fingerprint density at radius 2 is 2.35 bits per heavy atom. The number of nitrogens with one attached hydrogen (secondary N) is 2. The Kier molecular flexibility index (Phi) is 2.49. The second-order valence-corrected chi connectivity index (χ2v) is 4.41. The first-order chi connectivity index (χ1) is 8.29. The van der Waals surface area contributed by atoms with Crippen LogP contribution in [0.4, 0.5) is 0 Å². The van der Waals surface area contributed by atoms with Crippen LogP contribution in [0.5, 0.6) is 0 Å². The maximum atomic E-state index is 11.8. The lowest BCUT2D eigenvalue weighted by atomic mass is 10.2. The summed E-state index contributed by atoms with van der Waals surface area (Å²) in [6.07, 6.45) is 2.22. The molecule has 3 rings (SSSR count). The maximum absolute atomic E-state index is 11.8. The van der Waals surface area contributed by atoms with Crippen molar-refractivity contribution < 1.29 is 4.84 Å². The molecule has 1 aromatic carbocycles. The summed E-state index contributed by atoms with van der Waals surface area (Å²) in [6.45, 7) is 0.628. The van der Waals surface area contributed by atoms with Crippen molar-refractivity contribution in [2.45, 2.75) is 25.4 Å². The summed E-state index contributed by atoms with van der Waals surface area (Å²) in [4.78, 5) is 19.5. The number of hydrogen-bond acceptors (Lipinski definition) is 3. The molecule has 1 aromatic heterocycles. The first-order valence-corrected chi connectivity index (χ1v) is 5.78. The second kappa shape index (κ2) is 4.01. The maximum Gasteiger partial charge on any atom is 0.326 e. The summed E-state index contributed by atoms with van der Waals surface area (Å²) in [7, 11) is 1.59. The number of hydroxylamine groups is 1. The molecule has 0 aliphatic heterocycles. The molecule has 0 saturated heterocycles. The van der Waals surface area contributed by atoms with E-state index in [4.69, 9.17) is 4.84 Å². The van der Waals surface area contributed by atoms with Gasteiger partial charge in [-0.05, 0) is 30.5 Å². The minimum atomic E-state index is -0.000601. The predicted molar refractivity (Wildman–Crippen MR) is 64.7 cm³/mol.